The molecule has 2 rings (SSSR count). The average Bonchev–Trinajstić information content (AvgIpc) is 2.14. The molecule has 0 unspecified atom stereocenters. The lowest BCUT2D eigenvalue weighted by Gasteiger charge is -2.37. The van der Waals surface area contributed by atoms with Gasteiger partial charge in [-0.1, -0.05) is 0 Å². The number of aliphatic carboxylic acids is 1. The van der Waals surface area contributed by atoms with Crippen LogP contribution in [-0.4, -0.2) is 33.6 Å². The lowest BCUT2D eigenvalue weighted by Crippen LogP contribution is -2.43. The number of carboxylic acid groups (broad SMARTS) is 1. The first kappa shape index (κ1) is 10.9. The average molecular weight is 221 g/mol. The zero-order chi connectivity index (χ0) is 11.5. The van der Waals surface area contributed by atoms with E-state index in [4.69, 9.17) is 5.11 Å². The van der Waals surface area contributed by atoms with Gasteiger partial charge in [0.15, 0.2) is 0 Å². The molecular formula is C11H15N3O2. The van der Waals surface area contributed by atoms with Crippen LogP contribution < -0.4 is 4.90 Å². The standard InChI is InChI=1S/C11H15N3O2/c1-8-12-5-10(6-13-8)14(7-11(15)16)9-3-2-4-9/h5-6,9H,2-4,7H2,1H3,(H,15,16). The van der Waals surface area contributed by atoms with Crippen molar-refractivity contribution in [3.63, 3.8) is 0 Å². The van der Waals surface area contributed by atoms with Crippen LogP contribution in [0.25, 0.3) is 0 Å². The first-order chi connectivity index (χ1) is 7.66. The Hall–Kier alpha value is -1.65. The van der Waals surface area contributed by atoms with Crippen LogP contribution in [0.4, 0.5) is 5.69 Å². The first-order valence-electron chi connectivity index (χ1n) is 5.44. The van der Waals surface area contributed by atoms with Crippen molar-refractivity contribution in [3.05, 3.63) is 18.2 Å². The minimum atomic E-state index is -0.813. The van der Waals surface area contributed by atoms with E-state index in [1.165, 1.54) is 6.42 Å². The van der Waals surface area contributed by atoms with Crippen molar-refractivity contribution >= 4 is 11.7 Å². The third-order valence-electron chi connectivity index (χ3n) is 2.92. The Kier molecular flexibility index (Phi) is 3.03. The molecule has 1 aliphatic carbocycles. The summed E-state index contributed by atoms with van der Waals surface area (Å²) in [5, 5.41) is 8.89. The molecule has 0 aliphatic heterocycles. The van der Waals surface area contributed by atoms with Crippen molar-refractivity contribution in [2.24, 2.45) is 0 Å². The maximum Gasteiger partial charge on any atom is 0.323 e. The number of rotatable bonds is 4. The molecule has 0 atom stereocenters. The number of anilines is 1. The van der Waals surface area contributed by atoms with E-state index in [0.29, 0.717) is 11.9 Å². The SMILES string of the molecule is Cc1ncc(N(CC(=O)O)C2CCC2)cn1. The third kappa shape index (κ3) is 2.29. The van der Waals surface area contributed by atoms with Gasteiger partial charge in [0.05, 0.1) is 18.1 Å². The highest BCUT2D eigenvalue weighted by Gasteiger charge is 2.27. The lowest BCUT2D eigenvalue weighted by molar-refractivity contribution is -0.135. The molecule has 1 heterocycles. The molecule has 1 N–H and O–H groups in total. The summed E-state index contributed by atoms with van der Waals surface area (Å²) >= 11 is 0. The Morgan fingerprint density at radius 1 is 1.50 bits per heavy atom. The van der Waals surface area contributed by atoms with E-state index in [2.05, 4.69) is 9.97 Å². The van der Waals surface area contributed by atoms with Crippen molar-refractivity contribution in [1.82, 2.24) is 9.97 Å². The van der Waals surface area contributed by atoms with Crippen LogP contribution >= 0.6 is 0 Å². The number of carboxylic acids is 1. The summed E-state index contributed by atoms with van der Waals surface area (Å²) in [5.74, 6) is -0.111. The molecule has 0 radical (unpaired) electrons. The molecule has 5 nitrogen and oxygen atoms in total. The number of nitrogens with zero attached hydrogens (tertiary/aromatic N) is 3. The Labute approximate surface area is 94.1 Å². The molecule has 5 heteroatoms. The van der Waals surface area contributed by atoms with Crippen LogP contribution in [0.5, 0.6) is 0 Å². The monoisotopic (exact) mass is 221 g/mol. The molecule has 1 aromatic rings. The van der Waals surface area contributed by atoms with E-state index < -0.39 is 5.97 Å². The Balaban J connectivity index is 2.16. The second-order valence-corrected chi connectivity index (χ2v) is 4.09. The topological polar surface area (TPSA) is 66.3 Å². The van der Waals surface area contributed by atoms with Gasteiger partial charge in [-0.25, -0.2) is 9.97 Å². The molecule has 1 fully saturated rings. The normalized spacial score (nSPS) is 15.6. The van der Waals surface area contributed by atoms with Gasteiger partial charge in [0.1, 0.15) is 12.4 Å². The highest BCUT2D eigenvalue weighted by atomic mass is 16.4. The highest BCUT2D eigenvalue weighted by molar-refractivity contribution is 5.73. The minimum Gasteiger partial charge on any atom is -0.480 e. The molecule has 0 amide bonds. The van der Waals surface area contributed by atoms with Crippen molar-refractivity contribution in [3.8, 4) is 0 Å². The summed E-state index contributed by atoms with van der Waals surface area (Å²) in [6, 6.07) is 0.336. The molecule has 1 aliphatic rings. The number of hydrogen-bond acceptors (Lipinski definition) is 4. The van der Waals surface area contributed by atoms with Gasteiger partial charge in [0, 0.05) is 6.04 Å². The summed E-state index contributed by atoms with van der Waals surface area (Å²) in [6.45, 7) is 1.84. The summed E-state index contributed by atoms with van der Waals surface area (Å²) in [4.78, 5) is 20.9. The van der Waals surface area contributed by atoms with Crippen molar-refractivity contribution in [2.75, 3.05) is 11.4 Å². The Bertz CT molecular complexity index is 373. The minimum absolute atomic E-state index is 0.0249. The predicted octanol–water partition coefficient (Wildman–Crippen LogP) is 1.23. The Morgan fingerprint density at radius 3 is 2.56 bits per heavy atom. The van der Waals surface area contributed by atoms with E-state index in [-0.39, 0.29) is 6.54 Å². The van der Waals surface area contributed by atoms with E-state index in [9.17, 15) is 4.79 Å². The largest absolute Gasteiger partial charge is 0.480 e. The first-order valence-corrected chi connectivity index (χ1v) is 5.44. The van der Waals surface area contributed by atoms with Crippen LogP contribution in [0.1, 0.15) is 25.1 Å². The third-order valence-corrected chi connectivity index (χ3v) is 2.92. The fourth-order valence-electron chi connectivity index (χ4n) is 1.81. The van der Waals surface area contributed by atoms with E-state index in [1.807, 2.05) is 11.8 Å². The number of aryl methyl sites for hydroxylation is 1. The van der Waals surface area contributed by atoms with Gasteiger partial charge < -0.3 is 10.0 Å². The van der Waals surface area contributed by atoms with E-state index >= 15 is 0 Å². The summed E-state index contributed by atoms with van der Waals surface area (Å²) in [7, 11) is 0. The maximum atomic E-state index is 10.8. The van der Waals surface area contributed by atoms with Crippen LogP contribution in [0.3, 0.4) is 0 Å². The van der Waals surface area contributed by atoms with E-state index in [0.717, 1.165) is 18.5 Å². The van der Waals surface area contributed by atoms with Gasteiger partial charge in [0.25, 0.3) is 0 Å². The predicted molar refractivity (Wildman–Crippen MR) is 59.4 cm³/mol. The fraction of sp³-hybridized carbons (Fsp3) is 0.545. The maximum absolute atomic E-state index is 10.8. The van der Waals surface area contributed by atoms with Gasteiger partial charge in [0.2, 0.25) is 0 Å². The molecule has 1 saturated carbocycles. The van der Waals surface area contributed by atoms with Crippen molar-refractivity contribution in [1.29, 1.82) is 0 Å². The molecule has 1 aromatic heterocycles. The molecule has 16 heavy (non-hydrogen) atoms. The number of aromatic nitrogens is 2. The molecule has 0 aromatic carbocycles. The molecular weight excluding hydrogens is 206 g/mol. The molecule has 0 bridgehead atoms. The zero-order valence-corrected chi connectivity index (χ0v) is 9.26. The fourth-order valence-corrected chi connectivity index (χ4v) is 1.81. The Morgan fingerprint density at radius 2 is 2.12 bits per heavy atom. The van der Waals surface area contributed by atoms with Gasteiger partial charge >= 0.3 is 5.97 Å². The quantitative estimate of drug-likeness (QED) is 0.828. The van der Waals surface area contributed by atoms with Gasteiger partial charge in [-0.15, -0.1) is 0 Å². The highest BCUT2D eigenvalue weighted by Crippen LogP contribution is 2.28. The van der Waals surface area contributed by atoms with Crippen LogP contribution in [-0.2, 0) is 4.79 Å². The van der Waals surface area contributed by atoms with Crippen LogP contribution in [0, 0.1) is 6.92 Å². The smallest absolute Gasteiger partial charge is 0.323 e. The number of hydrogen-bond donors (Lipinski definition) is 1. The van der Waals surface area contributed by atoms with Crippen molar-refractivity contribution < 1.29 is 9.90 Å². The lowest BCUT2D eigenvalue weighted by atomic mass is 9.91. The summed E-state index contributed by atoms with van der Waals surface area (Å²) in [6.07, 6.45) is 6.68. The van der Waals surface area contributed by atoms with E-state index in [1.54, 1.807) is 12.4 Å². The van der Waals surface area contributed by atoms with Gasteiger partial charge in [-0.2, -0.15) is 0 Å². The van der Waals surface area contributed by atoms with Gasteiger partial charge in [-0.05, 0) is 26.2 Å². The zero-order valence-electron chi connectivity index (χ0n) is 9.26. The molecule has 0 saturated heterocycles. The molecule has 86 valence electrons. The summed E-state index contributed by atoms with van der Waals surface area (Å²) in [5.41, 5.74) is 0.803. The van der Waals surface area contributed by atoms with Gasteiger partial charge in [-0.3, -0.25) is 4.79 Å². The molecule has 0 spiro atoms. The second-order valence-electron chi connectivity index (χ2n) is 4.09. The second kappa shape index (κ2) is 4.47. The van der Waals surface area contributed by atoms with Crippen LogP contribution in [0.15, 0.2) is 12.4 Å². The number of carbonyl (C=O) groups is 1. The summed E-state index contributed by atoms with van der Waals surface area (Å²) < 4.78 is 0. The van der Waals surface area contributed by atoms with Crippen LogP contribution in [0.2, 0.25) is 0 Å². The van der Waals surface area contributed by atoms with Crippen molar-refractivity contribution in [2.45, 2.75) is 32.2 Å².